The second-order valence-corrected chi connectivity index (χ2v) is 3.95. The number of hydrogen-bond donors (Lipinski definition) is 0. The Morgan fingerprint density at radius 3 is 2.50 bits per heavy atom. The van der Waals surface area contributed by atoms with E-state index in [1.54, 1.807) is 18.2 Å². The van der Waals surface area contributed by atoms with Crippen molar-refractivity contribution >= 4 is 11.5 Å². The van der Waals surface area contributed by atoms with Gasteiger partial charge in [-0.2, -0.15) is 0 Å². The third kappa shape index (κ3) is 2.27. The molecule has 0 aliphatic rings. The standard InChI is InChI=1S/C14H11NO3/c1-10-5-2-3-8-13(10)14(16)11-6-4-7-12(9-11)15(17)18/h2-9H,1H3. The van der Waals surface area contributed by atoms with Crippen LogP contribution >= 0.6 is 0 Å². The van der Waals surface area contributed by atoms with E-state index in [0.717, 1.165) is 5.56 Å². The van der Waals surface area contributed by atoms with Gasteiger partial charge in [0.15, 0.2) is 5.78 Å². The van der Waals surface area contributed by atoms with E-state index in [1.165, 1.54) is 18.2 Å². The Morgan fingerprint density at radius 1 is 1.11 bits per heavy atom. The van der Waals surface area contributed by atoms with E-state index in [4.69, 9.17) is 0 Å². The topological polar surface area (TPSA) is 60.2 Å². The Kier molecular flexibility index (Phi) is 3.19. The highest BCUT2D eigenvalue weighted by Crippen LogP contribution is 2.18. The molecule has 18 heavy (non-hydrogen) atoms. The number of aryl methyl sites for hydroxylation is 1. The first-order valence-electron chi connectivity index (χ1n) is 5.44. The zero-order valence-electron chi connectivity index (χ0n) is 9.79. The minimum absolute atomic E-state index is 0.0746. The van der Waals surface area contributed by atoms with Gasteiger partial charge in [-0.15, -0.1) is 0 Å². The molecule has 0 saturated carbocycles. The lowest BCUT2D eigenvalue weighted by Gasteiger charge is -2.04. The molecule has 0 spiro atoms. The number of rotatable bonds is 3. The first-order chi connectivity index (χ1) is 8.59. The summed E-state index contributed by atoms with van der Waals surface area (Å²) >= 11 is 0. The number of non-ortho nitro benzene ring substituents is 1. The number of nitro groups is 1. The van der Waals surface area contributed by atoms with Crippen LogP contribution in [0.2, 0.25) is 0 Å². The van der Waals surface area contributed by atoms with E-state index in [1.807, 2.05) is 19.1 Å². The summed E-state index contributed by atoms with van der Waals surface area (Å²) in [5, 5.41) is 10.7. The van der Waals surface area contributed by atoms with E-state index in [2.05, 4.69) is 0 Å². The van der Waals surface area contributed by atoms with Gasteiger partial charge in [-0.1, -0.05) is 36.4 Å². The van der Waals surface area contributed by atoms with E-state index < -0.39 is 4.92 Å². The zero-order chi connectivity index (χ0) is 13.1. The molecule has 0 fully saturated rings. The van der Waals surface area contributed by atoms with Crippen LogP contribution in [0.1, 0.15) is 21.5 Å². The van der Waals surface area contributed by atoms with E-state index in [9.17, 15) is 14.9 Å². The minimum atomic E-state index is -0.505. The summed E-state index contributed by atoms with van der Waals surface area (Å²) < 4.78 is 0. The van der Waals surface area contributed by atoms with Crippen LogP contribution in [0.4, 0.5) is 5.69 Å². The molecule has 0 saturated heterocycles. The monoisotopic (exact) mass is 241 g/mol. The fraction of sp³-hybridized carbons (Fsp3) is 0.0714. The summed E-state index contributed by atoms with van der Waals surface area (Å²) in [6, 6.07) is 13.0. The number of carbonyl (C=O) groups excluding carboxylic acids is 1. The van der Waals surface area contributed by atoms with Crippen molar-refractivity contribution < 1.29 is 9.72 Å². The molecule has 0 unspecified atom stereocenters. The maximum absolute atomic E-state index is 12.2. The first-order valence-corrected chi connectivity index (χ1v) is 5.44. The highest BCUT2D eigenvalue weighted by atomic mass is 16.6. The fourth-order valence-electron chi connectivity index (χ4n) is 1.74. The molecule has 0 heterocycles. The van der Waals surface area contributed by atoms with Crippen molar-refractivity contribution in [2.75, 3.05) is 0 Å². The van der Waals surface area contributed by atoms with Crippen molar-refractivity contribution in [2.24, 2.45) is 0 Å². The number of nitro benzene ring substituents is 1. The van der Waals surface area contributed by atoms with E-state index in [0.29, 0.717) is 11.1 Å². The Bertz CT molecular complexity index is 620. The number of nitrogens with zero attached hydrogens (tertiary/aromatic N) is 1. The van der Waals surface area contributed by atoms with Gasteiger partial charge in [0.1, 0.15) is 0 Å². The highest BCUT2D eigenvalue weighted by molar-refractivity contribution is 6.10. The fourth-order valence-corrected chi connectivity index (χ4v) is 1.74. The summed E-state index contributed by atoms with van der Waals surface area (Å²) in [5.41, 5.74) is 1.68. The zero-order valence-corrected chi connectivity index (χ0v) is 9.79. The summed E-state index contributed by atoms with van der Waals surface area (Å²) in [4.78, 5) is 22.4. The van der Waals surface area contributed by atoms with Crippen LogP contribution in [-0.4, -0.2) is 10.7 Å². The SMILES string of the molecule is Cc1ccccc1C(=O)c1cccc([N+](=O)[O-])c1. The Labute approximate surface area is 104 Å². The van der Waals surface area contributed by atoms with Crippen LogP contribution in [0.15, 0.2) is 48.5 Å². The van der Waals surface area contributed by atoms with Gasteiger partial charge in [0.05, 0.1) is 4.92 Å². The van der Waals surface area contributed by atoms with Gasteiger partial charge in [0.25, 0.3) is 5.69 Å². The molecule has 0 aliphatic heterocycles. The molecule has 2 rings (SSSR count). The molecule has 4 heteroatoms. The molecule has 0 bridgehead atoms. The smallest absolute Gasteiger partial charge is 0.270 e. The van der Waals surface area contributed by atoms with Gasteiger partial charge >= 0.3 is 0 Å². The molecule has 2 aromatic rings. The van der Waals surface area contributed by atoms with Crippen LogP contribution in [-0.2, 0) is 0 Å². The molecule has 4 nitrogen and oxygen atoms in total. The average Bonchev–Trinajstić information content (AvgIpc) is 2.38. The maximum Gasteiger partial charge on any atom is 0.270 e. The van der Waals surface area contributed by atoms with Crippen molar-refractivity contribution in [3.63, 3.8) is 0 Å². The lowest BCUT2D eigenvalue weighted by molar-refractivity contribution is -0.384. The molecule has 0 N–H and O–H groups in total. The number of hydrogen-bond acceptors (Lipinski definition) is 3. The quantitative estimate of drug-likeness (QED) is 0.471. The lowest BCUT2D eigenvalue weighted by atomic mass is 9.99. The molecule has 0 atom stereocenters. The molecular weight excluding hydrogens is 230 g/mol. The second kappa shape index (κ2) is 4.79. The van der Waals surface area contributed by atoms with Gasteiger partial charge in [0.2, 0.25) is 0 Å². The van der Waals surface area contributed by atoms with Crippen molar-refractivity contribution in [3.05, 3.63) is 75.3 Å². The van der Waals surface area contributed by atoms with Crippen LogP contribution in [0, 0.1) is 17.0 Å². The van der Waals surface area contributed by atoms with Gasteiger partial charge in [-0.25, -0.2) is 0 Å². The predicted molar refractivity (Wildman–Crippen MR) is 67.7 cm³/mol. The van der Waals surface area contributed by atoms with Crippen molar-refractivity contribution in [3.8, 4) is 0 Å². The third-order valence-electron chi connectivity index (χ3n) is 2.71. The van der Waals surface area contributed by atoms with Crippen LogP contribution in [0.25, 0.3) is 0 Å². The predicted octanol–water partition coefficient (Wildman–Crippen LogP) is 3.13. The lowest BCUT2D eigenvalue weighted by Crippen LogP contribution is -2.04. The van der Waals surface area contributed by atoms with Crippen LogP contribution in [0.5, 0.6) is 0 Å². The van der Waals surface area contributed by atoms with Crippen LogP contribution in [0.3, 0.4) is 0 Å². The van der Waals surface area contributed by atoms with Gasteiger partial charge < -0.3 is 0 Å². The summed E-state index contributed by atoms with van der Waals surface area (Å²) in [5.74, 6) is -0.197. The largest absolute Gasteiger partial charge is 0.289 e. The Hall–Kier alpha value is -2.49. The molecule has 0 radical (unpaired) electrons. The Morgan fingerprint density at radius 2 is 1.83 bits per heavy atom. The van der Waals surface area contributed by atoms with Crippen molar-refractivity contribution in [2.45, 2.75) is 6.92 Å². The van der Waals surface area contributed by atoms with Crippen molar-refractivity contribution in [1.82, 2.24) is 0 Å². The van der Waals surface area contributed by atoms with Gasteiger partial charge in [-0.3, -0.25) is 14.9 Å². The van der Waals surface area contributed by atoms with E-state index >= 15 is 0 Å². The number of benzene rings is 2. The van der Waals surface area contributed by atoms with Crippen molar-refractivity contribution in [1.29, 1.82) is 0 Å². The molecule has 0 amide bonds. The molecular formula is C14H11NO3. The summed E-state index contributed by atoms with van der Waals surface area (Å²) in [6.07, 6.45) is 0. The highest BCUT2D eigenvalue weighted by Gasteiger charge is 2.14. The van der Waals surface area contributed by atoms with Crippen LogP contribution < -0.4 is 0 Å². The molecule has 0 aromatic heterocycles. The normalized spacial score (nSPS) is 10.1. The summed E-state index contributed by atoms with van der Waals surface area (Å²) in [7, 11) is 0. The van der Waals surface area contributed by atoms with E-state index in [-0.39, 0.29) is 11.5 Å². The molecule has 2 aromatic carbocycles. The minimum Gasteiger partial charge on any atom is -0.289 e. The summed E-state index contributed by atoms with van der Waals surface area (Å²) in [6.45, 7) is 1.84. The molecule has 90 valence electrons. The van der Waals surface area contributed by atoms with Gasteiger partial charge in [0, 0.05) is 23.3 Å². The second-order valence-electron chi connectivity index (χ2n) is 3.95. The molecule has 0 aliphatic carbocycles. The third-order valence-corrected chi connectivity index (χ3v) is 2.71. The Balaban J connectivity index is 2.44. The van der Waals surface area contributed by atoms with Gasteiger partial charge in [-0.05, 0) is 12.5 Å². The maximum atomic E-state index is 12.2. The first kappa shape index (κ1) is 12.0. The number of ketones is 1. The average molecular weight is 241 g/mol. The number of carbonyl (C=O) groups is 1.